The van der Waals surface area contributed by atoms with E-state index in [1.165, 1.54) is 29.5 Å². The van der Waals surface area contributed by atoms with Gasteiger partial charge in [0.05, 0.1) is 9.88 Å². The number of anilines is 1. The van der Waals surface area contributed by atoms with Gasteiger partial charge < -0.3 is 16.0 Å². The summed E-state index contributed by atoms with van der Waals surface area (Å²) in [7, 11) is 0. The molecular weight excluding hydrogens is 389 g/mol. The van der Waals surface area contributed by atoms with Crippen molar-refractivity contribution in [1.29, 1.82) is 0 Å². The molecule has 1 aromatic heterocycles. The number of carbonyl (C=O) groups is 2. The number of hydrogen-bond donors (Lipinski definition) is 2. The summed E-state index contributed by atoms with van der Waals surface area (Å²) in [6.07, 6.45) is 0.913. The number of nitrogens with two attached hydrogens (primary N) is 1. The van der Waals surface area contributed by atoms with Crippen LogP contribution in [0.15, 0.2) is 30.3 Å². The van der Waals surface area contributed by atoms with Gasteiger partial charge in [-0.25, -0.2) is 4.39 Å². The van der Waals surface area contributed by atoms with E-state index in [2.05, 4.69) is 5.32 Å². The summed E-state index contributed by atoms with van der Waals surface area (Å²) in [6.45, 7) is 5.12. The largest absolute Gasteiger partial charge is 0.335 e. The fraction of sp³-hybridized carbons (Fsp3) is 0.368. The average molecular weight is 412 g/mol. The highest BCUT2D eigenvalue weighted by Crippen LogP contribution is 2.31. The number of nitrogens with zero attached hydrogens (tertiary/aromatic N) is 1. The Bertz CT molecular complexity index is 842. The highest BCUT2D eigenvalue weighted by atomic mass is 35.5. The van der Waals surface area contributed by atoms with Crippen LogP contribution in [0.25, 0.3) is 0 Å². The molecule has 1 saturated heterocycles. The average Bonchev–Trinajstić information content (AvgIpc) is 3.16. The first kappa shape index (κ1) is 21.3. The lowest BCUT2D eigenvalue weighted by Gasteiger charge is -2.21. The van der Waals surface area contributed by atoms with E-state index < -0.39 is 11.7 Å². The molecule has 0 aliphatic carbocycles. The zero-order chi connectivity index (χ0) is 18.8. The monoisotopic (exact) mass is 411 g/mol. The topological polar surface area (TPSA) is 75.4 Å². The molecule has 27 heavy (non-hydrogen) atoms. The Morgan fingerprint density at radius 2 is 2.11 bits per heavy atom. The molecule has 3 N–H and O–H groups in total. The number of hydrogen-bond acceptors (Lipinski definition) is 4. The van der Waals surface area contributed by atoms with Gasteiger partial charge in [-0.15, -0.1) is 23.7 Å². The lowest BCUT2D eigenvalue weighted by molar-refractivity contribution is 0.0747. The maximum Gasteiger partial charge on any atom is 0.264 e. The van der Waals surface area contributed by atoms with Crippen LogP contribution in [0.1, 0.15) is 38.9 Å². The molecule has 1 aliphatic heterocycles. The van der Waals surface area contributed by atoms with Crippen molar-refractivity contribution < 1.29 is 14.0 Å². The van der Waals surface area contributed by atoms with Crippen LogP contribution in [-0.4, -0.2) is 35.8 Å². The minimum atomic E-state index is -0.464. The number of amides is 2. The normalized spacial score (nSPS) is 18.9. The minimum Gasteiger partial charge on any atom is -0.335 e. The van der Waals surface area contributed by atoms with Gasteiger partial charge in [0, 0.05) is 18.2 Å². The van der Waals surface area contributed by atoms with Gasteiger partial charge in [0.25, 0.3) is 11.8 Å². The molecule has 5 nitrogen and oxygen atoms in total. The van der Waals surface area contributed by atoms with Crippen LogP contribution in [0.2, 0.25) is 0 Å². The molecule has 1 aromatic carbocycles. The van der Waals surface area contributed by atoms with Crippen LogP contribution in [0.5, 0.6) is 0 Å². The molecule has 2 amide bonds. The van der Waals surface area contributed by atoms with Crippen molar-refractivity contribution >= 4 is 40.6 Å². The third-order valence-electron chi connectivity index (χ3n) is 4.69. The number of likely N-dealkylation sites (tertiary alicyclic amines) is 1. The van der Waals surface area contributed by atoms with E-state index in [4.69, 9.17) is 5.73 Å². The summed E-state index contributed by atoms with van der Waals surface area (Å²) >= 11 is 1.24. The first-order valence-electron chi connectivity index (χ1n) is 8.57. The highest BCUT2D eigenvalue weighted by molar-refractivity contribution is 7.18. The zero-order valence-electron chi connectivity index (χ0n) is 15.2. The standard InChI is InChI=1S/C19H22FN3O2S.ClH/c1-11-6-16(22-18(24)14-4-3-5-15(20)8-14)26-17(11)19(25)23-10-13(9-21)7-12(23)2;/h3-6,8,12-13H,7,9-10,21H2,1-2H3,(H,22,24);1H. The van der Waals surface area contributed by atoms with Crippen LogP contribution in [-0.2, 0) is 0 Å². The first-order valence-corrected chi connectivity index (χ1v) is 9.39. The highest BCUT2D eigenvalue weighted by Gasteiger charge is 2.33. The van der Waals surface area contributed by atoms with Crippen molar-refractivity contribution in [2.24, 2.45) is 11.7 Å². The summed E-state index contributed by atoms with van der Waals surface area (Å²) in [6, 6.07) is 7.43. The van der Waals surface area contributed by atoms with Crippen LogP contribution in [0.3, 0.4) is 0 Å². The fourth-order valence-corrected chi connectivity index (χ4v) is 4.32. The van der Waals surface area contributed by atoms with Crippen molar-refractivity contribution in [3.05, 3.63) is 52.2 Å². The molecule has 1 aliphatic rings. The van der Waals surface area contributed by atoms with Gasteiger partial charge in [-0.1, -0.05) is 6.07 Å². The quantitative estimate of drug-likeness (QED) is 0.805. The Morgan fingerprint density at radius 3 is 2.74 bits per heavy atom. The molecule has 8 heteroatoms. The number of halogens is 2. The molecule has 2 atom stereocenters. The van der Waals surface area contributed by atoms with E-state index in [1.807, 2.05) is 18.7 Å². The van der Waals surface area contributed by atoms with E-state index in [-0.39, 0.29) is 29.9 Å². The van der Waals surface area contributed by atoms with Crippen molar-refractivity contribution in [3.8, 4) is 0 Å². The van der Waals surface area contributed by atoms with Gasteiger partial charge in [0.2, 0.25) is 0 Å². The Labute approximate surface area is 168 Å². The maximum absolute atomic E-state index is 13.3. The van der Waals surface area contributed by atoms with E-state index >= 15 is 0 Å². The van der Waals surface area contributed by atoms with E-state index in [9.17, 15) is 14.0 Å². The first-order chi connectivity index (χ1) is 12.4. The van der Waals surface area contributed by atoms with Gasteiger partial charge >= 0.3 is 0 Å². The van der Waals surface area contributed by atoms with Crippen molar-refractivity contribution in [1.82, 2.24) is 4.90 Å². The van der Waals surface area contributed by atoms with Crippen molar-refractivity contribution in [2.75, 3.05) is 18.4 Å². The SMILES string of the molecule is Cc1cc(NC(=O)c2cccc(F)c2)sc1C(=O)N1CC(CN)CC1C.Cl. The molecule has 146 valence electrons. The number of rotatable bonds is 4. The fourth-order valence-electron chi connectivity index (χ4n) is 3.30. The second kappa shape index (κ2) is 8.82. The molecule has 2 unspecified atom stereocenters. The molecule has 0 radical (unpaired) electrons. The number of carbonyl (C=O) groups excluding carboxylic acids is 2. The third-order valence-corrected chi connectivity index (χ3v) is 5.83. The summed E-state index contributed by atoms with van der Waals surface area (Å²) in [4.78, 5) is 27.6. The maximum atomic E-state index is 13.3. The van der Waals surface area contributed by atoms with Crippen LogP contribution < -0.4 is 11.1 Å². The number of nitrogens with one attached hydrogen (secondary N) is 1. The molecule has 1 fully saturated rings. The number of thiophene rings is 1. The summed E-state index contributed by atoms with van der Waals surface area (Å²) in [5, 5.41) is 3.32. The lowest BCUT2D eigenvalue weighted by atomic mass is 10.1. The summed E-state index contributed by atoms with van der Waals surface area (Å²) in [5.41, 5.74) is 6.80. The molecule has 3 rings (SSSR count). The molecule has 0 spiro atoms. The van der Waals surface area contributed by atoms with E-state index in [0.717, 1.165) is 12.0 Å². The van der Waals surface area contributed by atoms with Crippen molar-refractivity contribution in [3.63, 3.8) is 0 Å². The van der Waals surface area contributed by atoms with Gasteiger partial charge in [0.1, 0.15) is 5.82 Å². The Hall–Kier alpha value is -1.96. The van der Waals surface area contributed by atoms with Gasteiger partial charge in [-0.3, -0.25) is 9.59 Å². The smallest absolute Gasteiger partial charge is 0.264 e. The number of aryl methyl sites for hydroxylation is 1. The molecule has 0 saturated carbocycles. The number of benzene rings is 1. The van der Waals surface area contributed by atoms with Gasteiger partial charge in [-0.05, 0) is 62.6 Å². The predicted octanol–water partition coefficient (Wildman–Crippen LogP) is 3.68. The summed E-state index contributed by atoms with van der Waals surface area (Å²) in [5.74, 6) is -0.556. The second-order valence-electron chi connectivity index (χ2n) is 6.73. The summed E-state index contributed by atoms with van der Waals surface area (Å²) < 4.78 is 13.3. The van der Waals surface area contributed by atoms with Gasteiger partial charge in [0.15, 0.2) is 0 Å². The van der Waals surface area contributed by atoms with Crippen LogP contribution >= 0.6 is 23.7 Å². The molecule has 2 aromatic rings. The van der Waals surface area contributed by atoms with E-state index in [1.54, 1.807) is 12.1 Å². The Morgan fingerprint density at radius 1 is 1.37 bits per heavy atom. The third kappa shape index (κ3) is 4.66. The molecule has 2 heterocycles. The Balaban J connectivity index is 0.00000261. The van der Waals surface area contributed by atoms with E-state index in [0.29, 0.717) is 28.9 Å². The van der Waals surface area contributed by atoms with Crippen LogP contribution in [0, 0.1) is 18.7 Å². The second-order valence-corrected chi connectivity index (χ2v) is 7.78. The predicted molar refractivity (Wildman–Crippen MR) is 108 cm³/mol. The van der Waals surface area contributed by atoms with Gasteiger partial charge in [-0.2, -0.15) is 0 Å². The molecular formula is C19H23ClFN3O2S. The minimum absolute atomic E-state index is 0. The lowest BCUT2D eigenvalue weighted by Crippen LogP contribution is -2.34. The Kier molecular flexibility index (Phi) is 6.97. The van der Waals surface area contributed by atoms with Crippen LogP contribution in [0.4, 0.5) is 9.39 Å². The molecule has 0 bridgehead atoms. The van der Waals surface area contributed by atoms with Crippen molar-refractivity contribution in [2.45, 2.75) is 26.3 Å². The zero-order valence-corrected chi connectivity index (χ0v) is 16.8.